The summed E-state index contributed by atoms with van der Waals surface area (Å²) < 4.78 is 0. The molecule has 7 atom stereocenters. The summed E-state index contributed by atoms with van der Waals surface area (Å²) in [5.74, 6) is -12.5. The van der Waals surface area contributed by atoms with Crippen LogP contribution >= 0.6 is 0 Å². The number of likely N-dealkylation sites (tertiary alicyclic amines) is 1. The lowest BCUT2D eigenvalue weighted by atomic mass is 10.1. The first-order valence-corrected chi connectivity index (χ1v) is 18.0. The molecule has 1 aliphatic heterocycles. The van der Waals surface area contributed by atoms with Gasteiger partial charge in [-0.15, -0.1) is 0 Å². The first-order chi connectivity index (χ1) is 27.6. The topological polar surface area (TPSA) is 461 Å². The standard InChI is InChI=1S/C32H52N12O15/c1-14(25(52)43-19(13-45)31(58)59)39-28(55)16(4-2-8-37-32(35)36)40-22(47)12-38-27(54)18(11-21(34)46)42-29(56)20-5-3-9-44(20)30(57)17(6-7-23(48)49)41-26(53)15(33)10-24(50)51/h14-20,45H,2-13,33H2,1H3,(H2,34,46)(H,38,54)(H,39,55)(H,40,47)(H,41,53)(H,42,56)(H,43,52)(H,48,49)(H,50,51)(H,58,59)(H4,35,36,37)/t14-,15-,16-,17-,18-,19-,20-/m0/s1. The molecule has 0 unspecified atom stereocenters. The van der Waals surface area contributed by atoms with Gasteiger partial charge < -0.3 is 80.2 Å². The Hall–Kier alpha value is -6.64. The third-order valence-corrected chi connectivity index (χ3v) is 8.44. The zero-order valence-electron chi connectivity index (χ0n) is 32.0. The number of nitrogens with one attached hydrogen (secondary N) is 6. The normalized spacial score (nSPS) is 16.3. The van der Waals surface area contributed by atoms with Gasteiger partial charge in [0.25, 0.3) is 0 Å². The van der Waals surface area contributed by atoms with Crippen molar-refractivity contribution in [3.05, 3.63) is 0 Å². The predicted molar refractivity (Wildman–Crippen MR) is 199 cm³/mol. The van der Waals surface area contributed by atoms with Crippen molar-refractivity contribution in [1.29, 1.82) is 0 Å². The lowest BCUT2D eigenvalue weighted by Crippen LogP contribution is -2.58. The number of amides is 8. The van der Waals surface area contributed by atoms with Crippen molar-refractivity contribution in [2.24, 2.45) is 27.9 Å². The van der Waals surface area contributed by atoms with Crippen molar-refractivity contribution in [1.82, 2.24) is 36.8 Å². The molecule has 0 bridgehead atoms. The molecule has 330 valence electrons. The number of carboxylic acid groups (broad SMARTS) is 3. The van der Waals surface area contributed by atoms with E-state index in [1.165, 1.54) is 6.92 Å². The van der Waals surface area contributed by atoms with Crippen LogP contribution < -0.4 is 54.8 Å². The van der Waals surface area contributed by atoms with Crippen LogP contribution in [0.5, 0.6) is 0 Å². The van der Waals surface area contributed by atoms with Gasteiger partial charge in [-0.2, -0.15) is 0 Å². The third kappa shape index (κ3) is 18.4. The highest BCUT2D eigenvalue weighted by Crippen LogP contribution is 2.20. The smallest absolute Gasteiger partial charge is 0.328 e. The van der Waals surface area contributed by atoms with E-state index in [-0.39, 0.29) is 44.7 Å². The number of carbonyl (C=O) groups excluding carboxylic acids is 8. The minimum Gasteiger partial charge on any atom is -0.481 e. The fourth-order valence-electron chi connectivity index (χ4n) is 5.44. The SMILES string of the molecule is C[C@H](NC(=O)[C@H](CCCN=C(N)N)NC(=O)CNC(=O)[C@H](CC(N)=O)NC(=O)[C@@H]1CCCN1C(=O)[C@H](CCC(=O)O)NC(=O)[C@@H](N)CC(=O)O)C(=O)N[C@@H](CO)C(=O)O. The number of carbonyl (C=O) groups is 11. The number of hydrogen-bond donors (Lipinski definition) is 14. The van der Waals surface area contributed by atoms with E-state index >= 15 is 0 Å². The van der Waals surface area contributed by atoms with E-state index in [2.05, 4.69) is 31.6 Å². The van der Waals surface area contributed by atoms with Gasteiger partial charge in [0.1, 0.15) is 36.3 Å². The number of nitrogens with zero attached hydrogens (tertiary/aromatic N) is 2. The van der Waals surface area contributed by atoms with Crippen molar-refractivity contribution < 1.29 is 73.2 Å². The molecule has 0 saturated carbocycles. The number of aliphatic imine (C=N–C) groups is 1. The lowest BCUT2D eigenvalue weighted by molar-refractivity contribution is -0.144. The Morgan fingerprint density at radius 2 is 1.39 bits per heavy atom. The number of rotatable bonds is 26. The summed E-state index contributed by atoms with van der Waals surface area (Å²) in [6, 6.07) is -10.5. The molecule has 27 nitrogen and oxygen atoms in total. The van der Waals surface area contributed by atoms with Gasteiger partial charge in [0.2, 0.25) is 47.3 Å². The number of hydrogen-bond acceptors (Lipinski definition) is 14. The van der Waals surface area contributed by atoms with E-state index in [1.54, 1.807) is 0 Å². The van der Waals surface area contributed by atoms with E-state index in [0.717, 1.165) is 4.90 Å². The van der Waals surface area contributed by atoms with Crippen LogP contribution in [0, 0.1) is 0 Å². The maximum Gasteiger partial charge on any atom is 0.328 e. The van der Waals surface area contributed by atoms with Crippen LogP contribution in [0.3, 0.4) is 0 Å². The first kappa shape index (κ1) is 50.4. The molecule has 0 aliphatic carbocycles. The van der Waals surface area contributed by atoms with Crippen LogP contribution in [0.1, 0.15) is 58.3 Å². The van der Waals surface area contributed by atoms with Crippen molar-refractivity contribution in [3.63, 3.8) is 0 Å². The Balaban J connectivity index is 3.08. The van der Waals surface area contributed by atoms with Gasteiger partial charge >= 0.3 is 17.9 Å². The monoisotopic (exact) mass is 844 g/mol. The highest BCUT2D eigenvalue weighted by molar-refractivity contribution is 5.98. The summed E-state index contributed by atoms with van der Waals surface area (Å²) in [5.41, 5.74) is 21.5. The van der Waals surface area contributed by atoms with Crippen molar-refractivity contribution in [2.45, 2.75) is 101 Å². The zero-order chi connectivity index (χ0) is 45.0. The van der Waals surface area contributed by atoms with Crippen LogP contribution in [0.15, 0.2) is 4.99 Å². The zero-order valence-corrected chi connectivity index (χ0v) is 32.0. The highest BCUT2D eigenvalue weighted by atomic mass is 16.4. The van der Waals surface area contributed by atoms with E-state index in [9.17, 15) is 52.7 Å². The van der Waals surface area contributed by atoms with Crippen LogP contribution in [-0.2, 0) is 52.7 Å². The number of nitrogens with two attached hydrogens (primary N) is 4. The van der Waals surface area contributed by atoms with E-state index in [4.69, 9.17) is 43.4 Å². The van der Waals surface area contributed by atoms with Crippen LogP contribution in [0.2, 0.25) is 0 Å². The number of aliphatic carboxylic acids is 3. The predicted octanol–water partition coefficient (Wildman–Crippen LogP) is -7.79. The van der Waals surface area contributed by atoms with Crippen molar-refractivity contribution >= 4 is 71.1 Å². The van der Waals surface area contributed by atoms with Crippen LogP contribution in [-0.4, -0.2) is 165 Å². The van der Waals surface area contributed by atoms with Gasteiger partial charge in [-0.3, -0.25) is 52.9 Å². The minimum absolute atomic E-state index is 0.0165. The maximum absolute atomic E-state index is 13.5. The second kappa shape index (κ2) is 24.9. The van der Waals surface area contributed by atoms with Crippen molar-refractivity contribution in [2.75, 3.05) is 26.2 Å². The number of aliphatic hydroxyl groups excluding tert-OH is 1. The maximum atomic E-state index is 13.5. The fraction of sp³-hybridized carbons (Fsp3) is 0.625. The molecule has 0 spiro atoms. The number of aliphatic hydroxyl groups is 1. The Kier molecular flexibility index (Phi) is 21.2. The average molecular weight is 845 g/mol. The molecule has 1 rings (SSSR count). The molecule has 0 aromatic carbocycles. The van der Waals surface area contributed by atoms with Crippen LogP contribution in [0.25, 0.3) is 0 Å². The van der Waals surface area contributed by atoms with Gasteiger partial charge in [-0.25, -0.2) is 4.79 Å². The molecule has 1 heterocycles. The summed E-state index contributed by atoms with van der Waals surface area (Å²) >= 11 is 0. The summed E-state index contributed by atoms with van der Waals surface area (Å²) in [5, 5.41) is 49.7. The lowest BCUT2D eigenvalue weighted by Gasteiger charge is -2.30. The molecular formula is C32H52N12O15. The molecule has 0 aromatic rings. The molecule has 1 aliphatic rings. The van der Waals surface area contributed by atoms with Crippen LogP contribution in [0.4, 0.5) is 0 Å². The van der Waals surface area contributed by atoms with E-state index < -0.39 is 146 Å². The molecule has 0 aromatic heterocycles. The second-order valence-corrected chi connectivity index (χ2v) is 13.2. The third-order valence-electron chi connectivity index (χ3n) is 8.44. The molecule has 59 heavy (non-hydrogen) atoms. The van der Waals surface area contributed by atoms with Gasteiger partial charge in [0, 0.05) is 19.5 Å². The molecule has 0 radical (unpaired) electrons. The second-order valence-electron chi connectivity index (χ2n) is 13.2. The fourth-order valence-corrected chi connectivity index (χ4v) is 5.44. The number of carboxylic acids is 3. The Labute approximate surface area is 335 Å². The molecule has 27 heteroatoms. The Morgan fingerprint density at radius 3 is 1.95 bits per heavy atom. The Bertz CT molecular complexity index is 1620. The molecule has 1 saturated heterocycles. The molecule has 1 fully saturated rings. The summed E-state index contributed by atoms with van der Waals surface area (Å²) in [6.07, 6.45) is -2.37. The quantitative estimate of drug-likeness (QED) is 0.0218. The summed E-state index contributed by atoms with van der Waals surface area (Å²) in [4.78, 5) is 141. The van der Waals surface area contributed by atoms with Gasteiger partial charge in [-0.05, 0) is 39.0 Å². The molecule has 8 amide bonds. The molecular weight excluding hydrogens is 792 g/mol. The summed E-state index contributed by atoms with van der Waals surface area (Å²) in [6.45, 7) is -0.613. The van der Waals surface area contributed by atoms with Crippen molar-refractivity contribution in [3.8, 4) is 0 Å². The van der Waals surface area contributed by atoms with Gasteiger partial charge in [0.15, 0.2) is 5.96 Å². The number of primary amides is 1. The number of guanidine groups is 1. The largest absolute Gasteiger partial charge is 0.481 e. The van der Waals surface area contributed by atoms with E-state index in [0.29, 0.717) is 0 Å². The Morgan fingerprint density at radius 1 is 0.746 bits per heavy atom. The van der Waals surface area contributed by atoms with E-state index in [1.807, 2.05) is 5.32 Å². The first-order valence-electron chi connectivity index (χ1n) is 18.0. The van der Waals surface area contributed by atoms with Gasteiger partial charge in [-0.1, -0.05) is 0 Å². The van der Waals surface area contributed by atoms with Gasteiger partial charge in [0.05, 0.1) is 32.0 Å². The molecule has 18 N–H and O–H groups in total. The average Bonchev–Trinajstić information content (AvgIpc) is 3.64. The highest BCUT2D eigenvalue weighted by Gasteiger charge is 2.40. The minimum atomic E-state index is -1.70. The summed E-state index contributed by atoms with van der Waals surface area (Å²) in [7, 11) is 0.